The predicted octanol–water partition coefficient (Wildman–Crippen LogP) is 9.16. The number of allylic oxidation sites excluding steroid dienone is 1. The Morgan fingerprint density at radius 1 is 1.02 bits per heavy atom. The number of unbranched alkanes of at least 4 members (excludes halogenated alkanes) is 1. The van der Waals surface area contributed by atoms with Gasteiger partial charge in [0.25, 0.3) is 12.3 Å². The third-order valence-electron chi connectivity index (χ3n) is 7.56. The van der Waals surface area contributed by atoms with Gasteiger partial charge < -0.3 is 15.5 Å². The zero-order valence-electron chi connectivity index (χ0n) is 30.4. The molecule has 0 aliphatic heterocycles. The van der Waals surface area contributed by atoms with Crippen LogP contribution in [0.2, 0.25) is 0 Å². The van der Waals surface area contributed by atoms with Crippen molar-refractivity contribution in [2.75, 3.05) is 26.5 Å². The molecule has 260 valence electrons. The van der Waals surface area contributed by atoms with E-state index in [1.54, 1.807) is 16.8 Å². The second kappa shape index (κ2) is 20.4. The van der Waals surface area contributed by atoms with E-state index in [0.717, 1.165) is 39.9 Å². The molecule has 9 heteroatoms. The number of amides is 1. The Kier molecular flexibility index (Phi) is 17.9. The maximum absolute atomic E-state index is 13.3. The van der Waals surface area contributed by atoms with Crippen LogP contribution in [0.15, 0.2) is 54.7 Å². The van der Waals surface area contributed by atoms with Gasteiger partial charge >= 0.3 is 0 Å². The molecule has 0 unspecified atom stereocenters. The first-order valence-corrected chi connectivity index (χ1v) is 16.5. The fraction of sp³-hybridized carbons (Fsp3) is 0.500. The van der Waals surface area contributed by atoms with Crippen molar-refractivity contribution < 1.29 is 18.4 Å². The summed E-state index contributed by atoms with van der Waals surface area (Å²) in [6.07, 6.45) is 3.19. The number of aromatic nitrogens is 2. The molecule has 2 aromatic carbocycles. The highest BCUT2D eigenvalue weighted by atomic mass is 19.3. The Morgan fingerprint density at radius 3 is 2.02 bits per heavy atom. The lowest BCUT2D eigenvalue weighted by Gasteiger charge is -2.15. The van der Waals surface area contributed by atoms with E-state index in [-0.39, 0.29) is 17.4 Å². The molecule has 3 aromatic rings. The lowest BCUT2D eigenvalue weighted by molar-refractivity contribution is 0.101. The van der Waals surface area contributed by atoms with Crippen LogP contribution >= 0.6 is 0 Å². The van der Waals surface area contributed by atoms with Crippen molar-refractivity contribution in [2.24, 2.45) is 11.8 Å². The van der Waals surface area contributed by atoms with Crippen molar-refractivity contribution in [1.82, 2.24) is 20.0 Å². The van der Waals surface area contributed by atoms with Crippen LogP contribution in [0, 0.1) is 32.6 Å². The van der Waals surface area contributed by atoms with Crippen LogP contribution in [0.25, 0.3) is 5.69 Å². The van der Waals surface area contributed by atoms with Gasteiger partial charge in [-0.2, -0.15) is 5.10 Å². The summed E-state index contributed by atoms with van der Waals surface area (Å²) in [7, 11) is 5.33. The maximum Gasteiger partial charge on any atom is 0.277 e. The Hall–Kier alpha value is -3.85. The molecule has 0 radical (unpaired) electrons. The number of anilines is 1. The van der Waals surface area contributed by atoms with Crippen molar-refractivity contribution in [3.05, 3.63) is 88.4 Å². The zero-order valence-corrected chi connectivity index (χ0v) is 30.4. The average molecular weight is 654 g/mol. The summed E-state index contributed by atoms with van der Waals surface area (Å²) < 4.78 is 24.2. The number of rotatable bonds is 10. The Balaban J connectivity index is 0.000000528. The van der Waals surface area contributed by atoms with Gasteiger partial charge in [0.05, 0.1) is 22.8 Å². The van der Waals surface area contributed by atoms with Gasteiger partial charge in [0.2, 0.25) is 0 Å². The molecule has 0 spiro atoms. The fourth-order valence-corrected chi connectivity index (χ4v) is 4.44. The molecule has 47 heavy (non-hydrogen) atoms. The first-order chi connectivity index (χ1) is 22.1. The topological polar surface area (TPSA) is 79.3 Å². The van der Waals surface area contributed by atoms with Gasteiger partial charge in [0.15, 0.2) is 5.78 Å². The number of ketones is 1. The molecule has 4 rings (SSSR count). The molecule has 0 saturated heterocycles. The van der Waals surface area contributed by atoms with Gasteiger partial charge in [-0.15, -0.1) is 0 Å². The van der Waals surface area contributed by atoms with E-state index in [0.29, 0.717) is 23.5 Å². The van der Waals surface area contributed by atoms with Crippen molar-refractivity contribution in [2.45, 2.75) is 94.0 Å². The normalized spacial score (nSPS) is 11.9. The highest BCUT2D eigenvalue weighted by molar-refractivity contribution is 6.09. The number of nitrogens with one attached hydrogen (secondary N) is 2. The molecule has 7 nitrogen and oxygen atoms in total. The van der Waals surface area contributed by atoms with E-state index in [1.807, 2.05) is 70.1 Å². The molecular formula is C38H57F2N5O2. The highest BCUT2D eigenvalue weighted by Gasteiger charge is 2.24. The number of halogens is 2. The van der Waals surface area contributed by atoms with Crippen LogP contribution in [-0.4, -0.2) is 53.9 Å². The van der Waals surface area contributed by atoms with Crippen LogP contribution in [-0.2, 0) is 6.54 Å². The van der Waals surface area contributed by atoms with Crippen molar-refractivity contribution in [3.63, 3.8) is 0 Å². The van der Waals surface area contributed by atoms with Gasteiger partial charge in [-0.05, 0) is 101 Å². The number of benzene rings is 2. The summed E-state index contributed by atoms with van der Waals surface area (Å²) in [6, 6.07) is 13.4. The standard InChI is InChI=1S/C24H28N4O2.C6H12.C4H7F2N.C4H10/c1-15-11-17(3)23(20(12-15)18(4)29)25-24(30)22-13-19(14-27(5)6)26-28(22)21-10-8-7-9-16(21)2;1-5(2)6-3-4-6;1-3(7-2)4(5)6;1-3-4-2/h7-13H,14H2,1-6H3,(H,25,30);5-6H,3-4H2,1-2H3;4,7H,1H2,2H3;3-4H2,1-2H3. The third-order valence-corrected chi connectivity index (χ3v) is 7.56. The summed E-state index contributed by atoms with van der Waals surface area (Å²) in [6.45, 7) is 19.9. The van der Waals surface area contributed by atoms with Gasteiger partial charge in [0, 0.05) is 19.2 Å². The van der Waals surface area contributed by atoms with Crippen molar-refractivity contribution >= 4 is 17.4 Å². The Labute approximate surface area is 281 Å². The first kappa shape index (κ1) is 41.2. The maximum atomic E-state index is 13.3. The van der Waals surface area contributed by atoms with Gasteiger partial charge in [0.1, 0.15) is 5.69 Å². The van der Waals surface area contributed by atoms with E-state index in [4.69, 9.17) is 0 Å². The summed E-state index contributed by atoms with van der Waals surface area (Å²) >= 11 is 0. The van der Waals surface area contributed by atoms with Crippen LogP contribution in [0.3, 0.4) is 0 Å². The molecule has 0 atom stereocenters. The number of hydrogen-bond donors (Lipinski definition) is 2. The number of hydrogen-bond acceptors (Lipinski definition) is 5. The summed E-state index contributed by atoms with van der Waals surface area (Å²) in [5, 5.41) is 9.87. The highest BCUT2D eigenvalue weighted by Crippen LogP contribution is 2.35. The van der Waals surface area contributed by atoms with E-state index >= 15 is 0 Å². The summed E-state index contributed by atoms with van der Waals surface area (Å²) in [4.78, 5) is 27.5. The van der Waals surface area contributed by atoms with Crippen molar-refractivity contribution in [1.29, 1.82) is 0 Å². The van der Waals surface area contributed by atoms with Gasteiger partial charge in [-0.3, -0.25) is 9.59 Å². The molecule has 1 amide bonds. The minimum absolute atomic E-state index is 0.0854. The number of carbonyl (C=O) groups is 2. The molecule has 1 aliphatic rings. The molecule has 0 bridgehead atoms. The molecule has 1 saturated carbocycles. The number of Topliss-reactive ketones (excluding diaryl/α,β-unsaturated/α-hetero) is 1. The zero-order chi connectivity index (χ0) is 35.8. The summed E-state index contributed by atoms with van der Waals surface area (Å²) in [5.74, 6) is 1.68. The fourth-order valence-electron chi connectivity index (χ4n) is 4.44. The minimum atomic E-state index is -2.44. The average Bonchev–Trinajstić information content (AvgIpc) is 3.79. The predicted molar refractivity (Wildman–Crippen MR) is 192 cm³/mol. The van der Waals surface area contributed by atoms with E-state index < -0.39 is 6.43 Å². The second-order valence-electron chi connectivity index (χ2n) is 12.6. The number of aryl methyl sites for hydroxylation is 3. The van der Waals surface area contributed by atoms with Crippen LogP contribution in [0.5, 0.6) is 0 Å². The van der Waals surface area contributed by atoms with E-state index in [2.05, 4.69) is 50.0 Å². The number of carbonyl (C=O) groups excluding carboxylic acids is 2. The Bertz CT molecular complexity index is 1440. The van der Waals surface area contributed by atoms with Gasteiger partial charge in [-0.25, -0.2) is 13.5 Å². The monoisotopic (exact) mass is 653 g/mol. The number of nitrogens with zero attached hydrogens (tertiary/aromatic N) is 3. The number of alkyl halides is 2. The second-order valence-corrected chi connectivity index (χ2v) is 12.6. The molecule has 1 heterocycles. The third kappa shape index (κ3) is 14.2. The Morgan fingerprint density at radius 2 is 1.62 bits per heavy atom. The van der Waals surface area contributed by atoms with Crippen LogP contribution in [0.1, 0.15) is 104 Å². The SMILES string of the molecule is C=C(NC)C(F)F.CC(=O)c1cc(C)cc(C)c1NC(=O)c1cc(CN(C)C)nn1-c1ccccc1C.CC(C)C1CC1.CCCC. The molecule has 1 aliphatic carbocycles. The lowest BCUT2D eigenvalue weighted by Crippen LogP contribution is -2.19. The minimum Gasteiger partial charge on any atom is -0.387 e. The van der Waals surface area contributed by atoms with E-state index in [1.165, 1.54) is 39.7 Å². The quantitative estimate of drug-likeness (QED) is 0.213. The smallest absolute Gasteiger partial charge is 0.277 e. The number of para-hydroxylation sites is 1. The van der Waals surface area contributed by atoms with Crippen LogP contribution in [0.4, 0.5) is 14.5 Å². The van der Waals surface area contributed by atoms with Gasteiger partial charge in [-0.1, -0.05) is 71.4 Å². The lowest BCUT2D eigenvalue weighted by atomic mass is 10.0. The largest absolute Gasteiger partial charge is 0.387 e. The van der Waals surface area contributed by atoms with Crippen LogP contribution < -0.4 is 10.6 Å². The van der Waals surface area contributed by atoms with E-state index in [9.17, 15) is 18.4 Å². The first-order valence-electron chi connectivity index (χ1n) is 16.5. The molecule has 2 N–H and O–H groups in total. The summed E-state index contributed by atoms with van der Waals surface area (Å²) in [5.41, 5.74) is 5.73. The molecule has 1 fully saturated rings. The van der Waals surface area contributed by atoms with Crippen molar-refractivity contribution in [3.8, 4) is 5.69 Å². The molecule has 1 aromatic heterocycles. The molecular weight excluding hydrogens is 596 g/mol.